The van der Waals surface area contributed by atoms with Crippen LogP contribution in [0.3, 0.4) is 0 Å². The Morgan fingerprint density at radius 1 is 1.21 bits per heavy atom. The van der Waals surface area contributed by atoms with Gasteiger partial charge < -0.3 is 14.6 Å². The van der Waals surface area contributed by atoms with Crippen LogP contribution in [0.1, 0.15) is 22.3 Å². The highest BCUT2D eigenvalue weighted by atomic mass is 35.5. The van der Waals surface area contributed by atoms with E-state index in [1.54, 1.807) is 41.3 Å². The third-order valence-corrected chi connectivity index (χ3v) is 4.93. The summed E-state index contributed by atoms with van der Waals surface area (Å²) in [4.78, 5) is 32.3. The van der Waals surface area contributed by atoms with Gasteiger partial charge in [-0.05, 0) is 30.7 Å². The molecule has 0 saturated carbocycles. The van der Waals surface area contributed by atoms with Crippen molar-refractivity contribution in [2.24, 2.45) is 5.16 Å². The van der Waals surface area contributed by atoms with Crippen LogP contribution in [0.4, 0.5) is 11.4 Å². The number of carbonyl (C=O) groups excluding carboxylic acids is 1. The van der Waals surface area contributed by atoms with Crippen LogP contribution < -0.4 is 4.90 Å². The molecule has 8 nitrogen and oxygen atoms in total. The lowest BCUT2D eigenvalue weighted by Gasteiger charge is -2.23. The monoisotopic (exact) mass is 416 g/mol. The molecule has 0 N–H and O–H groups in total. The van der Waals surface area contributed by atoms with E-state index >= 15 is 0 Å². The topological polar surface area (TPSA) is 88.3 Å². The molecule has 0 spiro atoms. The molecule has 0 unspecified atom stereocenters. The summed E-state index contributed by atoms with van der Waals surface area (Å²) in [6.07, 6.45) is 2.13. The van der Waals surface area contributed by atoms with Crippen LogP contribution in [0, 0.1) is 10.1 Å². The molecule has 0 radical (unpaired) electrons. The van der Waals surface area contributed by atoms with Crippen LogP contribution in [-0.4, -0.2) is 55.2 Å². The highest BCUT2D eigenvalue weighted by molar-refractivity contribution is 6.30. The fourth-order valence-electron chi connectivity index (χ4n) is 3.31. The molecule has 1 amide bonds. The van der Waals surface area contributed by atoms with Gasteiger partial charge in [0.15, 0.2) is 0 Å². The molecule has 1 heterocycles. The molecule has 29 heavy (non-hydrogen) atoms. The zero-order valence-corrected chi connectivity index (χ0v) is 16.7. The maximum absolute atomic E-state index is 12.8. The molecule has 0 atom stereocenters. The molecule has 0 aliphatic carbocycles. The number of nitro benzene ring substituents is 1. The van der Waals surface area contributed by atoms with E-state index in [1.807, 2.05) is 4.90 Å². The number of amides is 1. The highest BCUT2D eigenvalue weighted by Crippen LogP contribution is 2.30. The Hall–Kier alpha value is -3.13. The molecular formula is C20H21ClN4O4. The smallest absolute Gasteiger partial charge is 0.293 e. The Labute approximate surface area is 173 Å². The van der Waals surface area contributed by atoms with E-state index in [1.165, 1.54) is 19.4 Å². The number of nitro groups is 1. The standard InChI is InChI=1S/C20H21ClN4O4/c1-29-22-14-15-6-7-18(19(12-15)25(27)28)23-8-3-9-24(11-10-23)20(26)16-4-2-5-17(21)13-16/h2,4-7,12-14H,3,8-11H2,1H3/b22-14-. The Morgan fingerprint density at radius 3 is 2.76 bits per heavy atom. The molecule has 2 aromatic carbocycles. The molecule has 1 aliphatic rings. The van der Waals surface area contributed by atoms with Gasteiger partial charge in [0, 0.05) is 48.4 Å². The number of carbonyl (C=O) groups is 1. The van der Waals surface area contributed by atoms with Crippen LogP contribution in [-0.2, 0) is 4.84 Å². The Kier molecular flexibility index (Phi) is 6.66. The van der Waals surface area contributed by atoms with Crippen molar-refractivity contribution >= 4 is 35.1 Å². The molecule has 0 bridgehead atoms. The van der Waals surface area contributed by atoms with E-state index in [-0.39, 0.29) is 11.6 Å². The van der Waals surface area contributed by atoms with Crippen molar-refractivity contribution in [2.75, 3.05) is 38.2 Å². The van der Waals surface area contributed by atoms with E-state index in [4.69, 9.17) is 11.6 Å². The first-order valence-corrected chi connectivity index (χ1v) is 9.52. The predicted octanol–water partition coefficient (Wildman–Crippen LogP) is 3.58. The summed E-state index contributed by atoms with van der Waals surface area (Å²) >= 11 is 5.99. The normalized spacial score (nSPS) is 14.7. The lowest BCUT2D eigenvalue weighted by Crippen LogP contribution is -2.35. The van der Waals surface area contributed by atoms with Gasteiger partial charge in [0.2, 0.25) is 0 Å². The molecule has 9 heteroatoms. The lowest BCUT2D eigenvalue weighted by molar-refractivity contribution is -0.384. The van der Waals surface area contributed by atoms with E-state index in [2.05, 4.69) is 9.99 Å². The summed E-state index contributed by atoms with van der Waals surface area (Å²) in [7, 11) is 1.41. The largest absolute Gasteiger partial charge is 0.399 e. The third-order valence-electron chi connectivity index (χ3n) is 4.70. The minimum absolute atomic E-state index is 0.000305. The average molecular weight is 417 g/mol. The van der Waals surface area contributed by atoms with Gasteiger partial charge in [-0.25, -0.2) is 0 Å². The number of hydrogen-bond donors (Lipinski definition) is 0. The number of oxime groups is 1. The molecule has 1 fully saturated rings. The summed E-state index contributed by atoms with van der Waals surface area (Å²) < 4.78 is 0. The fourth-order valence-corrected chi connectivity index (χ4v) is 3.50. The summed E-state index contributed by atoms with van der Waals surface area (Å²) in [5.41, 5.74) is 1.65. The van der Waals surface area contributed by atoms with Crippen LogP contribution in [0.5, 0.6) is 0 Å². The van der Waals surface area contributed by atoms with E-state index in [0.717, 1.165) is 0 Å². The first-order chi connectivity index (χ1) is 14.0. The quantitative estimate of drug-likeness (QED) is 0.422. The zero-order valence-electron chi connectivity index (χ0n) is 16.0. The Bertz CT molecular complexity index is 934. The van der Waals surface area contributed by atoms with Crippen molar-refractivity contribution in [2.45, 2.75) is 6.42 Å². The Balaban J connectivity index is 1.77. The molecule has 0 aromatic heterocycles. The van der Waals surface area contributed by atoms with Gasteiger partial charge in [-0.2, -0.15) is 0 Å². The second kappa shape index (κ2) is 9.38. The fraction of sp³-hybridized carbons (Fsp3) is 0.300. The van der Waals surface area contributed by atoms with Gasteiger partial charge in [-0.3, -0.25) is 14.9 Å². The van der Waals surface area contributed by atoms with Crippen molar-refractivity contribution in [3.8, 4) is 0 Å². The van der Waals surface area contributed by atoms with Crippen LogP contribution >= 0.6 is 11.6 Å². The van der Waals surface area contributed by atoms with Crippen molar-refractivity contribution in [1.29, 1.82) is 0 Å². The van der Waals surface area contributed by atoms with Crippen LogP contribution in [0.15, 0.2) is 47.6 Å². The SMILES string of the molecule is CO/N=C\c1ccc(N2CCCN(C(=O)c3cccc(Cl)c3)CC2)c([N+](=O)[O-])c1. The van der Waals surface area contributed by atoms with Crippen molar-refractivity contribution in [3.05, 3.63) is 68.7 Å². The van der Waals surface area contributed by atoms with Gasteiger partial charge in [0.05, 0.1) is 11.1 Å². The minimum atomic E-state index is -0.404. The van der Waals surface area contributed by atoms with E-state index in [0.29, 0.717) is 54.4 Å². The Morgan fingerprint density at radius 2 is 2.03 bits per heavy atom. The molecule has 1 aliphatic heterocycles. The molecular weight excluding hydrogens is 396 g/mol. The zero-order chi connectivity index (χ0) is 20.8. The van der Waals surface area contributed by atoms with Crippen LogP contribution in [0.25, 0.3) is 0 Å². The molecule has 2 aromatic rings. The number of anilines is 1. The number of benzene rings is 2. The number of nitrogens with zero attached hydrogens (tertiary/aromatic N) is 4. The van der Waals surface area contributed by atoms with E-state index < -0.39 is 4.92 Å². The number of halogens is 1. The maximum atomic E-state index is 12.8. The van der Waals surface area contributed by atoms with Crippen molar-refractivity contribution in [3.63, 3.8) is 0 Å². The molecule has 3 rings (SSSR count). The predicted molar refractivity (Wildman–Crippen MR) is 112 cm³/mol. The third kappa shape index (κ3) is 5.03. The maximum Gasteiger partial charge on any atom is 0.293 e. The van der Waals surface area contributed by atoms with Gasteiger partial charge in [-0.15, -0.1) is 0 Å². The average Bonchev–Trinajstić information content (AvgIpc) is 2.97. The lowest BCUT2D eigenvalue weighted by atomic mass is 10.1. The van der Waals surface area contributed by atoms with Gasteiger partial charge >= 0.3 is 0 Å². The number of rotatable bonds is 5. The second-order valence-corrected chi connectivity index (χ2v) is 7.00. The summed E-state index contributed by atoms with van der Waals surface area (Å²) in [5, 5.41) is 15.8. The number of hydrogen-bond acceptors (Lipinski definition) is 6. The van der Waals surface area contributed by atoms with Gasteiger partial charge in [0.25, 0.3) is 11.6 Å². The first-order valence-electron chi connectivity index (χ1n) is 9.14. The first kappa shape index (κ1) is 20.6. The molecule has 1 saturated heterocycles. The summed E-state index contributed by atoms with van der Waals surface area (Å²) in [5.74, 6) is -0.0880. The van der Waals surface area contributed by atoms with Crippen molar-refractivity contribution < 1.29 is 14.6 Å². The van der Waals surface area contributed by atoms with E-state index in [9.17, 15) is 14.9 Å². The molecule has 152 valence electrons. The minimum Gasteiger partial charge on any atom is -0.399 e. The van der Waals surface area contributed by atoms with Crippen molar-refractivity contribution in [1.82, 2.24) is 4.90 Å². The van der Waals surface area contributed by atoms with Gasteiger partial charge in [0.1, 0.15) is 12.8 Å². The second-order valence-electron chi connectivity index (χ2n) is 6.57. The summed E-state index contributed by atoms with van der Waals surface area (Å²) in [6.45, 7) is 2.16. The highest BCUT2D eigenvalue weighted by Gasteiger charge is 2.25. The van der Waals surface area contributed by atoms with Crippen LogP contribution in [0.2, 0.25) is 5.02 Å². The van der Waals surface area contributed by atoms with Gasteiger partial charge in [-0.1, -0.05) is 28.9 Å². The summed E-state index contributed by atoms with van der Waals surface area (Å²) in [6, 6.07) is 11.8.